The first-order valence-electron chi connectivity index (χ1n) is 6.73. The normalized spacial score (nSPS) is 25.9. The standard InChI is InChI=1S/C14H22N2S2/c1-3-12-14(18-9-8-17-12)13(16-4-2)11-6-5-7-15-10-11/h5-7,10,12-14,16H,3-4,8-9H2,1-2H3. The van der Waals surface area contributed by atoms with E-state index in [1.165, 1.54) is 23.5 Å². The van der Waals surface area contributed by atoms with Crippen LogP contribution in [0.2, 0.25) is 0 Å². The summed E-state index contributed by atoms with van der Waals surface area (Å²) < 4.78 is 0. The molecule has 0 saturated carbocycles. The minimum absolute atomic E-state index is 0.437. The predicted molar refractivity (Wildman–Crippen MR) is 83.4 cm³/mol. The van der Waals surface area contributed by atoms with Gasteiger partial charge in [-0.25, -0.2) is 0 Å². The lowest BCUT2D eigenvalue weighted by atomic mass is 10.0. The summed E-state index contributed by atoms with van der Waals surface area (Å²) in [6.07, 6.45) is 5.12. The Bertz CT molecular complexity index is 345. The van der Waals surface area contributed by atoms with Crippen molar-refractivity contribution < 1.29 is 0 Å². The second kappa shape index (κ2) is 7.41. The van der Waals surface area contributed by atoms with Crippen molar-refractivity contribution in [2.24, 2.45) is 0 Å². The summed E-state index contributed by atoms with van der Waals surface area (Å²) in [5, 5.41) is 5.08. The summed E-state index contributed by atoms with van der Waals surface area (Å²) in [4.78, 5) is 4.28. The maximum Gasteiger partial charge on any atom is 0.0466 e. The Labute approximate surface area is 119 Å². The third-order valence-corrected chi connectivity index (χ3v) is 6.64. The Morgan fingerprint density at radius 3 is 2.89 bits per heavy atom. The first-order chi connectivity index (χ1) is 8.86. The van der Waals surface area contributed by atoms with Crippen LogP contribution in [0.5, 0.6) is 0 Å². The number of nitrogens with one attached hydrogen (secondary N) is 1. The monoisotopic (exact) mass is 282 g/mol. The second-order valence-corrected chi connectivity index (χ2v) is 7.11. The summed E-state index contributed by atoms with van der Waals surface area (Å²) in [5.41, 5.74) is 1.33. The van der Waals surface area contributed by atoms with Crippen molar-refractivity contribution in [3.63, 3.8) is 0 Å². The van der Waals surface area contributed by atoms with E-state index in [1.807, 2.05) is 18.5 Å². The molecule has 100 valence electrons. The van der Waals surface area contributed by atoms with Gasteiger partial charge in [0.1, 0.15) is 0 Å². The Balaban J connectivity index is 2.18. The number of nitrogens with zero attached hydrogens (tertiary/aromatic N) is 1. The molecule has 18 heavy (non-hydrogen) atoms. The molecule has 2 heterocycles. The molecule has 3 unspecified atom stereocenters. The van der Waals surface area contributed by atoms with Crippen LogP contribution in [-0.4, -0.2) is 33.5 Å². The fourth-order valence-corrected chi connectivity index (χ4v) is 5.70. The molecule has 0 aliphatic carbocycles. The molecule has 0 amide bonds. The highest BCUT2D eigenvalue weighted by Crippen LogP contribution is 2.40. The quantitative estimate of drug-likeness (QED) is 0.895. The molecule has 1 fully saturated rings. The van der Waals surface area contributed by atoms with Crippen LogP contribution in [0.25, 0.3) is 0 Å². The highest BCUT2D eigenvalue weighted by molar-refractivity contribution is 8.07. The van der Waals surface area contributed by atoms with Gasteiger partial charge in [-0.05, 0) is 24.6 Å². The summed E-state index contributed by atoms with van der Waals surface area (Å²) in [6, 6.07) is 4.68. The third-order valence-electron chi connectivity index (χ3n) is 3.29. The number of rotatable bonds is 5. The molecule has 1 saturated heterocycles. The first kappa shape index (κ1) is 14.2. The zero-order valence-electron chi connectivity index (χ0n) is 11.1. The number of hydrogen-bond acceptors (Lipinski definition) is 4. The Morgan fingerprint density at radius 2 is 2.22 bits per heavy atom. The fraction of sp³-hybridized carbons (Fsp3) is 0.643. The van der Waals surface area contributed by atoms with Crippen LogP contribution in [0, 0.1) is 0 Å². The van der Waals surface area contributed by atoms with Gasteiger partial charge in [-0.1, -0.05) is 19.9 Å². The van der Waals surface area contributed by atoms with Gasteiger partial charge in [-0.15, -0.1) is 0 Å². The van der Waals surface area contributed by atoms with E-state index in [2.05, 4.69) is 53.7 Å². The van der Waals surface area contributed by atoms with Crippen molar-refractivity contribution in [3.8, 4) is 0 Å². The Hall–Kier alpha value is -0.190. The summed E-state index contributed by atoms with van der Waals surface area (Å²) >= 11 is 4.27. The first-order valence-corrected chi connectivity index (χ1v) is 8.83. The van der Waals surface area contributed by atoms with Crippen LogP contribution in [-0.2, 0) is 0 Å². The SMILES string of the molecule is CCNC(c1cccnc1)C1SCCSC1CC. The lowest BCUT2D eigenvalue weighted by Gasteiger charge is -2.36. The summed E-state index contributed by atoms with van der Waals surface area (Å²) in [5.74, 6) is 2.57. The molecule has 1 aromatic heterocycles. The van der Waals surface area contributed by atoms with Crippen LogP contribution in [0.4, 0.5) is 0 Å². The number of aromatic nitrogens is 1. The van der Waals surface area contributed by atoms with Gasteiger partial charge in [0, 0.05) is 40.4 Å². The minimum atomic E-state index is 0.437. The van der Waals surface area contributed by atoms with Gasteiger partial charge >= 0.3 is 0 Å². The maximum absolute atomic E-state index is 4.28. The zero-order chi connectivity index (χ0) is 12.8. The van der Waals surface area contributed by atoms with Crippen LogP contribution < -0.4 is 5.32 Å². The van der Waals surface area contributed by atoms with E-state index in [0.717, 1.165) is 11.8 Å². The van der Waals surface area contributed by atoms with Gasteiger partial charge < -0.3 is 5.32 Å². The van der Waals surface area contributed by atoms with Gasteiger partial charge in [0.25, 0.3) is 0 Å². The largest absolute Gasteiger partial charge is 0.309 e. The highest BCUT2D eigenvalue weighted by Gasteiger charge is 2.32. The average molecular weight is 282 g/mol. The van der Waals surface area contributed by atoms with Crippen molar-refractivity contribution >= 4 is 23.5 Å². The molecule has 1 aliphatic heterocycles. The average Bonchev–Trinajstić information content (AvgIpc) is 2.46. The van der Waals surface area contributed by atoms with E-state index in [4.69, 9.17) is 0 Å². The molecule has 1 N–H and O–H groups in total. The zero-order valence-corrected chi connectivity index (χ0v) is 12.8. The van der Waals surface area contributed by atoms with E-state index in [-0.39, 0.29) is 0 Å². The van der Waals surface area contributed by atoms with E-state index >= 15 is 0 Å². The third kappa shape index (κ3) is 3.43. The lowest BCUT2D eigenvalue weighted by molar-refractivity contribution is 0.511. The number of hydrogen-bond donors (Lipinski definition) is 1. The minimum Gasteiger partial charge on any atom is -0.309 e. The van der Waals surface area contributed by atoms with Crippen molar-refractivity contribution in [2.45, 2.75) is 36.8 Å². The molecule has 0 aromatic carbocycles. The lowest BCUT2D eigenvalue weighted by Crippen LogP contribution is -2.38. The molecule has 2 rings (SSSR count). The smallest absolute Gasteiger partial charge is 0.0466 e. The van der Waals surface area contributed by atoms with E-state index in [1.54, 1.807) is 0 Å². The molecule has 0 bridgehead atoms. The van der Waals surface area contributed by atoms with Crippen molar-refractivity contribution in [1.82, 2.24) is 10.3 Å². The van der Waals surface area contributed by atoms with Crippen LogP contribution >= 0.6 is 23.5 Å². The van der Waals surface area contributed by atoms with Gasteiger partial charge in [0.05, 0.1) is 0 Å². The molecule has 2 nitrogen and oxygen atoms in total. The van der Waals surface area contributed by atoms with Crippen molar-refractivity contribution in [3.05, 3.63) is 30.1 Å². The Morgan fingerprint density at radius 1 is 1.39 bits per heavy atom. The molecular formula is C14H22N2S2. The van der Waals surface area contributed by atoms with Gasteiger partial charge in [0.2, 0.25) is 0 Å². The van der Waals surface area contributed by atoms with E-state index in [9.17, 15) is 0 Å². The second-order valence-electron chi connectivity index (χ2n) is 4.47. The molecule has 1 aromatic rings. The van der Waals surface area contributed by atoms with E-state index in [0.29, 0.717) is 11.3 Å². The number of pyridine rings is 1. The van der Waals surface area contributed by atoms with Crippen LogP contribution in [0.15, 0.2) is 24.5 Å². The topological polar surface area (TPSA) is 24.9 Å². The molecule has 4 heteroatoms. The summed E-state index contributed by atoms with van der Waals surface area (Å²) in [6.45, 7) is 5.51. The molecule has 0 radical (unpaired) electrons. The van der Waals surface area contributed by atoms with Crippen molar-refractivity contribution in [2.75, 3.05) is 18.1 Å². The predicted octanol–water partition coefficient (Wildman–Crippen LogP) is 3.36. The number of thioether (sulfide) groups is 2. The summed E-state index contributed by atoms with van der Waals surface area (Å²) in [7, 11) is 0. The maximum atomic E-state index is 4.28. The molecular weight excluding hydrogens is 260 g/mol. The van der Waals surface area contributed by atoms with Gasteiger partial charge in [-0.2, -0.15) is 23.5 Å². The van der Waals surface area contributed by atoms with Crippen molar-refractivity contribution in [1.29, 1.82) is 0 Å². The molecule has 3 atom stereocenters. The van der Waals surface area contributed by atoms with Crippen LogP contribution in [0.3, 0.4) is 0 Å². The van der Waals surface area contributed by atoms with Gasteiger partial charge in [0.15, 0.2) is 0 Å². The van der Waals surface area contributed by atoms with Gasteiger partial charge in [-0.3, -0.25) is 4.98 Å². The Kier molecular flexibility index (Phi) is 5.86. The molecule has 0 spiro atoms. The fourth-order valence-electron chi connectivity index (χ4n) is 2.45. The van der Waals surface area contributed by atoms with Crippen LogP contribution in [0.1, 0.15) is 31.9 Å². The highest BCUT2D eigenvalue weighted by atomic mass is 32.2. The molecule has 1 aliphatic rings. The van der Waals surface area contributed by atoms with E-state index < -0.39 is 0 Å².